The molecule has 2 N–H and O–H groups in total. The Hall–Kier alpha value is -2.30. The Kier molecular flexibility index (Phi) is 2.74. The van der Waals surface area contributed by atoms with Gasteiger partial charge >= 0.3 is 0 Å². The molecule has 2 heterocycles. The zero-order chi connectivity index (χ0) is 13.4. The van der Waals surface area contributed by atoms with Gasteiger partial charge in [-0.05, 0) is 31.0 Å². The Labute approximate surface area is 111 Å². The van der Waals surface area contributed by atoms with Gasteiger partial charge in [0.25, 0.3) is 0 Å². The van der Waals surface area contributed by atoms with Gasteiger partial charge in [0, 0.05) is 17.9 Å². The van der Waals surface area contributed by atoms with Crippen molar-refractivity contribution in [3.05, 3.63) is 42.1 Å². The van der Waals surface area contributed by atoms with Gasteiger partial charge in [-0.25, -0.2) is 0 Å². The predicted molar refractivity (Wildman–Crippen MR) is 73.7 cm³/mol. The van der Waals surface area contributed by atoms with Crippen molar-refractivity contribution in [2.24, 2.45) is 0 Å². The zero-order valence-corrected chi connectivity index (χ0v) is 10.8. The van der Waals surface area contributed by atoms with Crippen molar-refractivity contribution in [3.8, 4) is 0 Å². The molecule has 1 unspecified atom stereocenters. The Morgan fingerprint density at radius 3 is 2.95 bits per heavy atom. The van der Waals surface area contributed by atoms with Gasteiger partial charge in [-0.15, -0.1) is 0 Å². The van der Waals surface area contributed by atoms with Gasteiger partial charge in [-0.3, -0.25) is 9.48 Å². The molecule has 0 saturated carbocycles. The van der Waals surface area contributed by atoms with Crippen molar-refractivity contribution in [1.82, 2.24) is 9.78 Å². The fourth-order valence-electron chi connectivity index (χ4n) is 2.63. The van der Waals surface area contributed by atoms with Gasteiger partial charge in [-0.1, -0.05) is 18.2 Å². The van der Waals surface area contributed by atoms with Crippen LogP contribution >= 0.6 is 0 Å². The lowest BCUT2D eigenvalue weighted by Crippen LogP contribution is -2.38. The fraction of sp³-hybridized carbons (Fsp3) is 0.286. The molecule has 3 rings (SSSR count). The summed E-state index contributed by atoms with van der Waals surface area (Å²) in [6.45, 7) is 2.28. The Morgan fingerprint density at radius 2 is 2.21 bits per heavy atom. The lowest BCUT2D eigenvalue weighted by Gasteiger charge is -2.22. The number of carbonyl (C=O) groups is 1. The highest BCUT2D eigenvalue weighted by Crippen LogP contribution is 2.31. The van der Waals surface area contributed by atoms with Crippen LogP contribution in [-0.4, -0.2) is 21.7 Å². The SMILES string of the molecule is CC1Cc2ccccc2N1C(=O)Cn1ccc(N)n1. The fourth-order valence-corrected chi connectivity index (χ4v) is 2.63. The van der Waals surface area contributed by atoms with Crippen molar-refractivity contribution in [1.29, 1.82) is 0 Å². The highest BCUT2D eigenvalue weighted by Gasteiger charge is 2.30. The molecule has 1 aromatic carbocycles. The maximum Gasteiger partial charge on any atom is 0.248 e. The van der Waals surface area contributed by atoms with Crippen molar-refractivity contribution in [2.45, 2.75) is 25.9 Å². The molecule has 1 aliphatic rings. The number of benzene rings is 1. The molecule has 0 bridgehead atoms. The third kappa shape index (κ3) is 2.07. The first-order chi connectivity index (χ1) is 9.15. The van der Waals surface area contributed by atoms with E-state index >= 15 is 0 Å². The molecule has 19 heavy (non-hydrogen) atoms. The molecule has 1 atom stereocenters. The van der Waals surface area contributed by atoms with Gasteiger partial charge in [0.2, 0.25) is 5.91 Å². The van der Waals surface area contributed by atoms with Crippen LogP contribution < -0.4 is 10.6 Å². The smallest absolute Gasteiger partial charge is 0.248 e. The number of amides is 1. The van der Waals surface area contributed by atoms with Crippen LogP contribution in [0.2, 0.25) is 0 Å². The highest BCUT2D eigenvalue weighted by atomic mass is 16.2. The van der Waals surface area contributed by atoms with E-state index in [4.69, 9.17) is 5.73 Å². The van der Waals surface area contributed by atoms with Gasteiger partial charge in [0.1, 0.15) is 12.4 Å². The van der Waals surface area contributed by atoms with Crippen LogP contribution in [0.1, 0.15) is 12.5 Å². The van der Waals surface area contributed by atoms with E-state index in [-0.39, 0.29) is 18.5 Å². The highest BCUT2D eigenvalue weighted by molar-refractivity contribution is 5.96. The first kappa shape index (κ1) is 11.8. The van der Waals surface area contributed by atoms with E-state index in [1.165, 1.54) is 5.56 Å². The average Bonchev–Trinajstić information content (AvgIpc) is 2.91. The van der Waals surface area contributed by atoms with Crippen molar-refractivity contribution in [2.75, 3.05) is 10.6 Å². The summed E-state index contributed by atoms with van der Waals surface area (Å²) in [5.74, 6) is 0.475. The van der Waals surface area contributed by atoms with E-state index in [1.54, 1.807) is 16.9 Å². The minimum absolute atomic E-state index is 0.0422. The normalized spacial score (nSPS) is 17.5. The summed E-state index contributed by atoms with van der Waals surface area (Å²) >= 11 is 0. The molecule has 1 amide bonds. The second-order valence-electron chi connectivity index (χ2n) is 4.88. The first-order valence-corrected chi connectivity index (χ1v) is 6.34. The molecule has 5 heteroatoms. The molecule has 5 nitrogen and oxygen atoms in total. The summed E-state index contributed by atoms with van der Waals surface area (Å²) in [4.78, 5) is 14.3. The van der Waals surface area contributed by atoms with Gasteiger partial charge in [0.15, 0.2) is 0 Å². The number of aromatic nitrogens is 2. The number of hydrogen-bond acceptors (Lipinski definition) is 3. The van der Waals surface area contributed by atoms with Crippen LogP contribution in [0.4, 0.5) is 11.5 Å². The van der Waals surface area contributed by atoms with E-state index in [9.17, 15) is 4.79 Å². The van der Waals surface area contributed by atoms with Crippen molar-refractivity contribution in [3.63, 3.8) is 0 Å². The number of nitrogen functional groups attached to an aromatic ring is 1. The molecule has 98 valence electrons. The molecule has 0 saturated heterocycles. The monoisotopic (exact) mass is 256 g/mol. The molecule has 2 aromatic rings. The van der Waals surface area contributed by atoms with Gasteiger partial charge < -0.3 is 10.6 Å². The minimum Gasteiger partial charge on any atom is -0.382 e. The number of rotatable bonds is 2. The predicted octanol–water partition coefficient (Wildman–Crippen LogP) is 1.44. The van der Waals surface area contributed by atoms with E-state index in [0.29, 0.717) is 5.82 Å². The Balaban J connectivity index is 1.84. The number of carbonyl (C=O) groups excluding carboxylic acids is 1. The van der Waals surface area contributed by atoms with E-state index in [1.807, 2.05) is 23.1 Å². The summed E-state index contributed by atoms with van der Waals surface area (Å²) in [5, 5.41) is 4.05. The summed E-state index contributed by atoms with van der Waals surface area (Å²) < 4.78 is 1.57. The third-order valence-corrected chi connectivity index (χ3v) is 3.43. The number of nitrogens with two attached hydrogens (primary N) is 1. The summed E-state index contributed by atoms with van der Waals surface area (Å²) in [5.41, 5.74) is 7.79. The van der Waals surface area contributed by atoms with Crippen LogP contribution in [-0.2, 0) is 17.8 Å². The van der Waals surface area contributed by atoms with Gasteiger partial charge in [-0.2, -0.15) is 5.10 Å². The first-order valence-electron chi connectivity index (χ1n) is 6.34. The molecular formula is C14H16N4O. The molecule has 0 aliphatic carbocycles. The van der Waals surface area contributed by atoms with Crippen LogP contribution in [0.25, 0.3) is 0 Å². The standard InChI is InChI=1S/C14H16N4O/c1-10-8-11-4-2-3-5-12(11)18(10)14(19)9-17-7-6-13(15)16-17/h2-7,10H,8-9H2,1H3,(H2,15,16). The van der Waals surface area contributed by atoms with Crippen LogP contribution in [0.15, 0.2) is 36.5 Å². The summed E-state index contributed by atoms with van der Waals surface area (Å²) in [6.07, 6.45) is 2.63. The van der Waals surface area contributed by atoms with E-state index in [2.05, 4.69) is 18.1 Å². The second-order valence-corrected chi connectivity index (χ2v) is 4.88. The number of nitrogens with zero attached hydrogens (tertiary/aromatic N) is 3. The zero-order valence-electron chi connectivity index (χ0n) is 10.8. The van der Waals surface area contributed by atoms with E-state index < -0.39 is 0 Å². The lowest BCUT2D eigenvalue weighted by molar-refractivity contribution is -0.119. The summed E-state index contributed by atoms with van der Waals surface area (Å²) in [7, 11) is 0. The maximum absolute atomic E-state index is 12.4. The Bertz CT molecular complexity index is 619. The minimum atomic E-state index is 0.0422. The number of para-hydroxylation sites is 1. The van der Waals surface area contributed by atoms with Crippen molar-refractivity contribution < 1.29 is 4.79 Å². The second kappa shape index (κ2) is 4.42. The number of fused-ring (bicyclic) bond motifs is 1. The molecule has 0 spiro atoms. The third-order valence-electron chi connectivity index (χ3n) is 3.43. The van der Waals surface area contributed by atoms with Crippen LogP contribution in [0.3, 0.4) is 0 Å². The number of hydrogen-bond donors (Lipinski definition) is 1. The molecule has 0 fully saturated rings. The van der Waals surface area contributed by atoms with Crippen LogP contribution in [0, 0.1) is 0 Å². The number of anilines is 2. The topological polar surface area (TPSA) is 64.2 Å². The molecule has 0 radical (unpaired) electrons. The average molecular weight is 256 g/mol. The molecule has 1 aromatic heterocycles. The van der Waals surface area contributed by atoms with Crippen LogP contribution in [0.5, 0.6) is 0 Å². The molecule has 1 aliphatic heterocycles. The summed E-state index contributed by atoms with van der Waals surface area (Å²) in [6, 6.07) is 9.92. The van der Waals surface area contributed by atoms with E-state index in [0.717, 1.165) is 12.1 Å². The Morgan fingerprint density at radius 1 is 1.42 bits per heavy atom. The largest absolute Gasteiger partial charge is 0.382 e. The lowest BCUT2D eigenvalue weighted by atomic mass is 10.1. The van der Waals surface area contributed by atoms with Gasteiger partial charge in [0.05, 0.1) is 0 Å². The van der Waals surface area contributed by atoms with Crippen molar-refractivity contribution >= 4 is 17.4 Å². The quantitative estimate of drug-likeness (QED) is 0.884. The molecular weight excluding hydrogens is 240 g/mol. The maximum atomic E-state index is 12.4.